The number of benzene rings is 2. The third-order valence-electron chi connectivity index (χ3n) is 3.54. The van der Waals surface area contributed by atoms with Crippen LogP contribution in [0.2, 0.25) is 0 Å². The van der Waals surface area contributed by atoms with Crippen molar-refractivity contribution in [2.75, 3.05) is 13.2 Å². The molecule has 0 atom stereocenters. The standard InChI is InChI=1S/C20H22N2O5/c1-2-3-13-26-17-11-9-16(10-12-17)20(25)27-14-18(23)21-22-19(24)15-7-5-4-6-8-15/h4-12H,2-3,13-14H2,1H3,(H,21,23)(H,22,24). The number of unbranched alkanes of at least 4 members (excludes halogenated alkanes) is 1. The Kier molecular flexibility index (Phi) is 7.84. The molecule has 7 nitrogen and oxygen atoms in total. The fourth-order valence-electron chi connectivity index (χ4n) is 2.06. The second-order valence-electron chi connectivity index (χ2n) is 5.67. The minimum Gasteiger partial charge on any atom is -0.494 e. The first-order valence-corrected chi connectivity index (χ1v) is 8.64. The maximum Gasteiger partial charge on any atom is 0.338 e. The van der Waals surface area contributed by atoms with Crippen LogP contribution in [-0.2, 0) is 9.53 Å². The molecule has 142 valence electrons. The monoisotopic (exact) mass is 370 g/mol. The van der Waals surface area contributed by atoms with E-state index in [2.05, 4.69) is 17.8 Å². The summed E-state index contributed by atoms with van der Waals surface area (Å²) in [5, 5.41) is 0. The molecule has 0 aliphatic rings. The van der Waals surface area contributed by atoms with Gasteiger partial charge in [-0.05, 0) is 42.8 Å². The number of hydrogen-bond donors (Lipinski definition) is 2. The normalized spacial score (nSPS) is 9.96. The number of hydrogen-bond acceptors (Lipinski definition) is 5. The van der Waals surface area contributed by atoms with E-state index in [9.17, 15) is 14.4 Å². The van der Waals surface area contributed by atoms with Gasteiger partial charge in [0.1, 0.15) is 5.75 Å². The zero-order chi connectivity index (χ0) is 19.5. The fourth-order valence-corrected chi connectivity index (χ4v) is 2.06. The molecule has 0 aliphatic carbocycles. The van der Waals surface area contributed by atoms with E-state index in [-0.39, 0.29) is 0 Å². The molecule has 0 unspecified atom stereocenters. The minimum atomic E-state index is -0.646. The molecule has 2 N–H and O–H groups in total. The van der Waals surface area contributed by atoms with Gasteiger partial charge in [-0.2, -0.15) is 0 Å². The quantitative estimate of drug-likeness (QED) is 0.423. The van der Waals surface area contributed by atoms with Crippen molar-refractivity contribution in [1.82, 2.24) is 10.9 Å². The van der Waals surface area contributed by atoms with E-state index in [0.717, 1.165) is 12.8 Å². The van der Waals surface area contributed by atoms with Gasteiger partial charge in [0.15, 0.2) is 6.61 Å². The molecule has 2 amide bonds. The highest BCUT2D eigenvalue weighted by Crippen LogP contribution is 2.13. The van der Waals surface area contributed by atoms with E-state index in [4.69, 9.17) is 9.47 Å². The van der Waals surface area contributed by atoms with Crippen molar-refractivity contribution in [2.24, 2.45) is 0 Å². The predicted octanol–water partition coefficient (Wildman–Crippen LogP) is 2.48. The molecule has 27 heavy (non-hydrogen) atoms. The summed E-state index contributed by atoms with van der Waals surface area (Å²) < 4.78 is 10.4. The lowest BCUT2D eigenvalue weighted by atomic mass is 10.2. The number of carbonyl (C=O) groups excluding carboxylic acids is 3. The van der Waals surface area contributed by atoms with Gasteiger partial charge in [-0.15, -0.1) is 0 Å². The smallest absolute Gasteiger partial charge is 0.338 e. The highest BCUT2D eigenvalue weighted by atomic mass is 16.5. The molecule has 2 aromatic rings. The van der Waals surface area contributed by atoms with Crippen LogP contribution in [0.4, 0.5) is 0 Å². The van der Waals surface area contributed by atoms with E-state index >= 15 is 0 Å². The predicted molar refractivity (Wildman–Crippen MR) is 99.2 cm³/mol. The van der Waals surface area contributed by atoms with Gasteiger partial charge in [0, 0.05) is 5.56 Å². The number of esters is 1. The number of amides is 2. The number of nitrogens with one attached hydrogen (secondary N) is 2. The van der Waals surface area contributed by atoms with Gasteiger partial charge in [-0.3, -0.25) is 20.4 Å². The summed E-state index contributed by atoms with van der Waals surface area (Å²) in [6.45, 7) is 2.18. The number of carbonyl (C=O) groups is 3. The van der Waals surface area contributed by atoms with Crippen LogP contribution in [0.3, 0.4) is 0 Å². The van der Waals surface area contributed by atoms with Gasteiger partial charge in [0.25, 0.3) is 11.8 Å². The molecular weight excluding hydrogens is 348 g/mol. The van der Waals surface area contributed by atoms with Crippen LogP contribution in [0.5, 0.6) is 5.75 Å². The van der Waals surface area contributed by atoms with E-state index in [0.29, 0.717) is 23.5 Å². The Labute approximate surface area is 157 Å². The Morgan fingerprint density at radius 2 is 1.59 bits per heavy atom. The Hall–Kier alpha value is -3.35. The Morgan fingerprint density at radius 3 is 2.26 bits per heavy atom. The van der Waals surface area contributed by atoms with Crippen LogP contribution in [0.15, 0.2) is 54.6 Å². The van der Waals surface area contributed by atoms with E-state index in [1.165, 1.54) is 0 Å². The van der Waals surface area contributed by atoms with Crippen molar-refractivity contribution in [3.63, 3.8) is 0 Å². The zero-order valence-corrected chi connectivity index (χ0v) is 15.1. The lowest BCUT2D eigenvalue weighted by molar-refractivity contribution is -0.125. The second kappa shape index (κ2) is 10.6. The molecule has 0 saturated heterocycles. The van der Waals surface area contributed by atoms with Crippen LogP contribution in [0, 0.1) is 0 Å². The maximum atomic E-state index is 12.0. The molecule has 7 heteroatoms. The van der Waals surface area contributed by atoms with Gasteiger partial charge in [-0.1, -0.05) is 31.5 Å². The first-order chi connectivity index (χ1) is 13.1. The molecule has 0 fully saturated rings. The Morgan fingerprint density at radius 1 is 0.889 bits per heavy atom. The molecule has 0 spiro atoms. The lowest BCUT2D eigenvalue weighted by Gasteiger charge is -2.09. The summed E-state index contributed by atoms with van der Waals surface area (Å²) in [5.41, 5.74) is 5.14. The molecular formula is C20H22N2O5. The Bertz CT molecular complexity index is 760. The third-order valence-corrected chi connectivity index (χ3v) is 3.54. The second-order valence-corrected chi connectivity index (χ2v) is 5.67. The first-order valence-electron chi connectivity index (χ1n) is 8.64. The number of ether oxygens (including phenoxy) is 2. The highest BCUT2D eigenvalue weighted by molar-refractivity contribution is 5.96. The van der Waals surface area contributed by atoms with Gasteiger partial charge in [0.05, 0.1) is 12.2 Å². The van der Waals surface area contributed by atoms with Crippen molar-refractivity contribution in [3.8, 4) is 5.75 Å². The van der Waals surface area contributed by atoms with Crippen LogP contribution < -0.4 is 15.6 Å². The molecule has 0 aromatic heterocycles. The topological polar surface area (TPSA) is 93.7 Å². The molecule has 0 heterocycles. The summed E-state index contributed by atoms with van der Waals surface area (Å²) in [5.74, 6) is -1.08. The van der Waals surface area contributed by atoms with Gasteiger partial charge < -0.3 is 9.47 Å². The lowest BCUT2D eigenvalue weighted by Crippen LogP contribution is -2.43. The number of rotatable bonds is 8. The summed E-state index contributed by atoms with van der Waals surface area (Å²) in [7, 11) is 0. The third kappa shape index (κ3) is 6.81. The van der Waals surface area contributed by atoms with Gasteiger partial charge in [0.2, 0.25) is 0 Å². The van der Waals surface area contributed by atoms with Gasteiger partial charge >= 0.3 is 5.97 Å². The molecule has 0 aliphatic heterocycles. The van der Waals surface area contributed by atoms with Gasteiger partial charge in [-0.25, -0.2) is 4.79 Å². The molecule has 0 saturated carbocycles. The number of hydrazine groups is 1. The van der Waals surface area contributed by atoms with E-state index in [1.807, 2.05) is 0 Å². The summed E-state index contributed by atoms with van der Waals surface area (Å²) in [4.78, 5) is 35.4. The highest BCUT2D eigenvalue weighted by Gasteiger charge is 2.11. The van der Waals surface area contributed by atoms with Crippen LogP contribution in [0.1, 0.15) is 40.5 Å². The van der Waals surface area contributed by atoms with Crippen LogP contribution >= 0.6 is 0 Å². The van der Waals surface area contributed by atoms with Crippen LogP contribution in [-0.4, -0.2) is 31.0 Å². The zero-order valence-electron chi connectivity index (χ0n) is 15.1. The minimum absolute atomic E-state index is 0.305. The molecule has 0 radical (unpaired) electrons. The molecule has 2 rings (SSSR count). The van der Waals surface area contributed by atoms with Crippen molar-refractivity contribution < 1.29 is 23.9 Å². The molecule has 2 aromatic carbocycles. The average Bonchev–Trinajstić information content (AvgIpc) is 2.71. The summed E-state index contributed by atoms with van der Waals surface area (Å²) >= 11 is 0. The molecule has 0 bridgehead atoms. The van der Waals surface area contributed by atoms with Crippen molar-refractivity contribution >= 4 is 17.8 Å². The SMILES string of the molecule is CCCCOc1ccc(C(=O)OCC(=O)NNC(=O)c2ccccc2)cc1. The van der Waals surface area contributed by atoms with E-state index < -0.39 is 24.4 Å². The summed E-state index contributed by atoms with van der Waals surface area (Å²) in [6.07, 6.45) is 2.00. The van der Waals surface area contributed by atoms with Crippen molar-refractivity contribution in [3.05, 3.63) is 65.7 Å². The average molecular weight is 370 g/mol. The first kappa shape index (κ1) is 20.0. The largest absolute Gasteiger partial charge is 0.494 e. The van der Waals surface area contributed by atoms with E-state index in [1.54, 1.807) is 54.6 Å². The van der Waals surface area contributed by atoms with Crippen LogP contribution in [0.25, 0.3) is 0 Å². The maximum absolute atomic E-state index is 12.0. The van der Waals surface area contributed by atoms with Crippen molar-refractivity contribution in [1.29, 1.82) is 0 Å². The fraction of sp³-hybridized carbons (Fsp3) is 0.250. The Balaban J connectivity index is 1.72. The summed E-state index contributed by atoms with van der Waals surface area (Å²) in [6, 6.07) is 14.9. The van der Waals surface area contributed by atoms with Crippen molar-refractivity contribution in [2.45, 2.75) is 19.8 Å².